The topological polar surface area (TPSA) is 53.1 Å². The molecule has 0 radical (unpaired) electrons. The van der Waals surface area contributed by atoms with Gasteiger partial charge in [-0.15, -0.1) is 0 Å². The Morgan fingerprint density at radius 3 is 2.50 bits per heavy atom. The number of nitrogens with zero attached hydrogens (tertiary/aromatic N) is 1. The first-order valence-corrected chi connectivity index (χ1v) is 5.69. The summed E-state index contributed by atoms with van der Waals surface area (Å²) in [6, 6.07) is 0. The quantitative estimate of drug-likeness (QED) is 0.532. The van der Waals surface area contributed by atoms with Crippen LogP contribution in [-0.4, -0.2) is 30.4 Å². The van der Waals surface area contributed by atoms with Gasteiger partial charge in [0.2, 0.25) is 0 Å². The van der Waals surface area contributed by atoms with E-state index in [1.807, 2.05) is 0 Å². The lowest BCUT2D eigenvalue weighted by atomic mass is 9.95. The molecule has 1 heterocycles. The maximum Gasteiger partial charge on any atom is 0.0937 e. The van der Waals surface area contributed by atoms with Crippen LogP contribution >= 0.6 is 0 Å². The molecule has 1 rings (SSSR count). The molecule has 3 N–H and O–H groups in total. The van der Waals surface area contributed by atoms with E-state index in [1.165, 1.54) is 13.0 Å². The van der Waals surface area contributed by atoms with Gasteiger partial charge < -0.3 is 10.6 Å². The minimum atomic E-state index is 0.350. The first-order chi connectivity index (χ1) is 6.63. The van der Waals surface area contributed by atoms with Crippen LogP contribution in [0.25, 0.3) is 0 Å². The van der Waals surface area contributed by atoms with E-state index in [0.29, 0.717) is 11.8 Å². The zero-order valence-corrected chi connectivity index (χ0v) is 9.42. The average molecular weight is 197 g/mol. The Morgan fingerprint density at radius 2 is 2.07 bits per heavy atom. The van der Waals surface area contributed by atoms with Gasteiger partial charge in [-0.1, -0.05) is 20.3 Å². The molecule has 1 aliphatic rings. The fourth-order valence-corrected chi connectivity index (χ4v) is 2.00. The molecule has 0 bridgehead atoms. The second-order valence-electron chi connectivity index (χ2n) is 4.54. The lowest BCUT2D eigenvalue weighted by molar-refractivity contribution is 0.183. The van der Waals surface area contributed by atoms with Crippen LogP contribution in [0.2, 0.25) is 0 Å². The molecule has 1 unspecified atom stereocenters. The molecule has 0 saturated carbocycles. The van der Waals surface area contributed by atoms with E-state index in [1.54, 1.807) is 0 Å². The van der Waals surface area contributed by atoms with Crippen LogP contribution in [0.3, 0.4) is 0 Å². The summed E-state index contributed by atoms with van der Waals surface area (Å²) in [5.41, 5.74) is 5.50. The molecule has 0 aliphatic carbocycles. The normalized spacial score (nSPS) is 22.1. The van der Waals surface area contributed by atoms with E-state index in [-0.39, 0.29) is 0 Å². The highest BCUT2D eigenvalue weighted by atomic mass is 15.1. The molecule has 1 aliphatic heterocycles. The van der Waals surface area contributed by atoms with Gasteiger partial charge in [0, 0.05) is 12.5 Å². The molecule has 0 spiro atoms. The van der Waals surface area contributed by atoms with Crippen molar-refractivity contribution >= 4 is 5.84 Å². The van der Waals surface area contributed by atoms with Crippen LogP contribution in [0.4, 0.5) is 0 Å². The molecule has 82 valence electrons. The average Bonchev–Trinajstić information content (AvgIpc) is 2.18. The van der Waals surface area contributed by atoms with Crippen LogP contribution in [0, 0.1) is 17.2 Å². The van der Waals surface area contributed by atoms with E-state index in [2.05, 4.69) is 18.7 Å². The fourth-order valence-electron chi connectivity index (χ4n) is 2.00. The summed E-state index contributed by atoms with van der Waals surface area (Å²) in [6.07, 6.45) is 3.41. The number of rotatable bonds is 4. The number of hydrogen-bond donors (Lipinski definition) is 2. The monoisotopic (exact) mass is 197 g/mol. The molecule has 0 aromatic rings. The number of nitrogens with two attached hydrogens (primary N) is 1. The van der Waals surface area contributed by atoms with Crippen molar-refractivity contribution < 1.29 is 0 Å². The number of nitrogens with one attached hydrogen (secondary N) is 1. The van der Waals surface area contributed by atoms with Crippen LogP contribution in [0.5, 0.6) is 0 Å². The Labute approximate surface area is 87.2 Å². The Morgan fingerprint density at radius 1 is 1.50 bits per heavy atom. The van der Waals surface area contributed by atoms with Gasteiger partial charge in [-0.05, 0) is 31.8 Å². The number of likely N-dealkylation sites (tertiary alicyclic amines) is 1. The summed E-state index contributed by atoms with van der Waals surface area (Å²) in [5, 5.41) is 7.39. The van der Waals surface area contributed by atoms with Gasteiger partial charge in [-0.3, -0.25) is 5.41 Å². The van der Waals surface area contributed by atoms with Gasteiger partial charge in [0.25, 0.3) is 0 Å². The fraction of sp³-hybridized carbons (Fsp3) is 0.909. The van der Waals surface area contributed by atoms with Crippen molar-refractivity contribution in [3.63, 3.8) is 0 Å². The zero-order valence-electron chi connectivity index (χ0n) is 9.42. The summed E-state index contributed by atoms with van der Waals surface area (Å²) in [6.45, 7) is 7.99. The zero-order chi connectivity index (χ0) is 10.6. The molecule has 3 nitrogen and oxygen atoms in total. The minimum Gasteiger partial charge on any atom is -0.387 e. The van der Waals surface area contributed by atoms with Crippen LogP contribution in [-0.2, 0) is 0 Å². The maximum absolute atomic E-state index is 7.39. The molecule has 0 aromatic heterocycles. The largest absolute Gasteiger partial charge is 0.387 e. The number of amidine groups is 1. The summed E-state index contributed by atoms with van der Waals surface area (Å²) in [7, 11) is 0. The third kappa shape index (κ3) is 3.29. The lowest BCUT2D eigenvalue weighted by Crippen LogP contribution is -2.40. The van der Waals surface area contributed by atoms with Crippen molar-refractivity contribution in [3.05, 3.63) is 0 Å². The molecule has 1 fully saturated rings. The summed E-state index contributed by atoms with van der Waals surface area (Å²) >= 11 is 0. The molecular formula is C11H23N3. The summed E-state index contributed by atoms with van der Waals surface area (Å²) in [4.78, 5) is 2.51. The standard InChI is InChI=1S/C11H23N3/c1-3-9(2)8-14-6-4-10(5-7-14)11(12)13/h9-10H,3-8H2,1-2H3,(H3,12,13). The minimum absolute atomic E-state index is 0.350. The van der Waals surface area contributed by atoms with Crippen LogP contribution in [0.1, 0.15) is 33.1 Å². The van der Waals surface area contributed by atoms with Gasteiger partial charge in [-0.25, -0.2) is 0 Å². The SMILES string of the molecule is CCC(C)CN1CCC(C(=N)N)CC1. The number of piperidine rings is 1. The maximum atomic E-state index is 7.39. The van der Waals surface area contributed by atoms with Crippen molar-refractivity contribution in [2.24, 2.45) is 17.6 Å². The molecule has 14 heavy (non-hydrogen) atoms. The van der Waals surface area contributed by atoms with Gasteiger partial charge in [0.15, 0.2) is 0 Å². The highest BCUT2D eigenvalue weighted by Crippen LogP contribution is 2.18. The second-order valence-corrected chi connectivity index (χ2v) is 4.54. The molecule has 0 aromatic carbocycles. The van der Waals surface area contributed by atoms with E-state index in [0.717, 1.165) is 31.8 Å². The molecule has 3 heteroatoms. The van der Waals surface area contributed by atoms with Crippen molar-refractivity contribution in [1.82, 2.24) is 4.90 Å². The van der Waals surface area contributed by atoms with Gasteiger partial charge in [-0.2, -0.15) is 0 Å². The Balaban J connectivity index is 2.25. The van der Waals surface area contributed by atoms with Crippen molar-refractivity contribution in [2.45, 2.75) is 33.1 Å². The van der Waals surface area contributed by atoms with Crippen molar-refractivity contribution in [3.8, 4) is 0 Å². The third-order valence-electron chi connectivity index (χ3n) is 3.29. The van der Waals surface area contributed by atoms with E-state index in [4.69, 9.17) is 11.1 Å². The van der Waals surface area contributed by atoms with Gasteiger partial charge in [0.1, 0.15) is 0 Å². The van der Waals surface area contributed by atoms with Crippen molar-refractivity contribution in [1.29, 1.82) is 5.41 Å². The predicted octanol–water partition coefficient (Wildman–Crippen LogP) is 1.68. The highest BCUT2D eigenvalue weighted by Gasteiger charge is 2.21. The summed E-state index contributed by atoms with van der Waals surface area (Å²) in [5.74, 6) is 1.53. The summed E-state index contributed by atoms with van der Waals surface area (Å²) < 4.78 is 0. The number of hydrogen-bond acceptors (Lipinski definition) is 2. The third-order valence-corrected chi connectivity index (χ3v) is 3.29. The molecule has 1 saturated heterocycles. The predicted molar refractivity (Wildman–Crippen MR) is 60.5 cm³/mol. The van der Waals surface area contributed by atoms with E-state index < -0.39 is 0 Å². The smallest absolute Gasteiger partial charge is 0.0937 e. The first-order valence-electron chi connectivity index (χ1n) is 5.69. The van der Waals surface area contributed by atoms with E-state index >= 15 is 0 Å². The first kappa shape index (κ1) is 11.5. The highest BCUT2D eigenvalue weighted by molar-refractivity contribution is 5.79. The lowest BCUT2D eigenvalue weighted by Gasteiger charge is -2.32. The molecular weight excluding hydrogens is 174 g/mol. The molecule has 1 atom stereocenters. The van der Waals surface area contributed by atoms with E-state index in [9.17, 15) is 0 Å². The van der Waals surface area contributed by atoms with Crippen LogP contribution in [0.15, 0.2) is 0 Å². The molecule has 0 amide bonds. The Hall–Kier alpha value is -0.570. The Bertz CT molecular complexity index is 183. The second kappa shape index (κ2) is 5.35. The van der Waals surface area contributed by atoms with Crippen molar-refractivity contribution in [2.75, 3.05) is 19.6 Å². The van der Waals surface area contributed by atoms with Gasteiger partial charge >= 0.3 is 0 Å². The van der Waals surface area contributed by atoms with Gasteiger partial charge in [0.05, 0.1) is 5.84 Å². The Kier molecular flexibility index (Phi) is 4.39. The van der Waals surface area contributed by atoms with Crippen LogP contribution < -0.4 is 5.73 Å².